The van der Waals surface area contributed by atoms with E-state index in [1.165, 1.54) is 77.0 Å². The quantitative estimate of drug-likeness (QED) is 0.178. The van der Waals surface area contributed by atoms with Crippen molar-refractivity contribution in [2.45, 2.75) is 96.8 Å². The molecule has 154 valence electrons. The maximum Gasteiger partial charge on any atom is 0.340 e. The number of anilines is 1. The van der Waals surface area contributed by atoms with Gasteiger partial charge in [-0.1, -0.05) is 102 Å². The lowest BCUT2D eigenvalue weighted by Crippen LogP contribution is -2.09. The average Bonchev–Trinajstić information content (AvgIpc) is 2.66. The number of carbonyl (C=O) groups excluding carboxylic acids is 1. The smallest absolute Gasteiger partial charge is 0.340 e. The summed E-state index contributed by atoms with van der Waals surface area (Å²) in [6, 6.07) is 4.86. The Morgan fingerprint density at radius 3 is 1.85 bits per heavy atom. The van der Waals surface area contributed by atoms with Gasteiger partial charge in [0.15, 0.2) is 0 Å². The number of nitrogen functional groups attached to an aromatic ring is 1. The molecule has 0 bridgehead atoms. The van der Waals surface area contributed by atoms with Gasteiger partial charge < -0.3 is 10.5 Å². The minimum atomic E-state index is -0.385. The van der Waals surface area contributed by atoms with Crippen molar-refractivity contribution in [2.24, 2.45) is 0 Å². The van der Waals surface area contributed by atoms with E-state index in [1.807, 2.05) is 0 Å². The first kappa shape index (κ1) is 23.8. The van der Waals surface area contributed by atoms with E-state index in [4.69, 9.17) is 22.1 Å². The topological polar surface area (TPSA) is 52.3 Å². The van der Waals surface area contributed by atoms with Crippen LogP contribution in [0.3, 0.4) is 0 Å². The van der Waals surface area contributed by atoms with Gasteiger partial charge in [0.2, 0.25) is 0 Å². The van der Waals surface area contributed by atoms with Crippen LogP contribution in [0.1, 0.15) is 107 Å². The molecule has 0 aliphatic rings. The SMILES string of the molecule is CCCCCCCCCCCCCCCCOC(=O)c1cc(Cl)ccc1N. The van der Waals surface area contributed by atoms with Gasteiger partial charge in [0.1, 0.15) is 0 Å². The van der Waals surface area contributed by atoms with Crippen molar-refractivity contribution < 1.29 is 9.53 Å². The largest absolute Gasteiger partial charge is 0.462 e. The first-order valence-electron chi connectivity index (χ1n) is 10.9. The maximum atomic E-state index is 12.0. The molecule has 0 aliphatic heterocycles. The third-order valence-corrected chi connectivity index (χ3v) is 5.20. The summed E-state index contributed by atoms with van der Waals surface area (Å²) in [5, 5.41) is 0.493. The molecule has 2 N–H and O–H groups in total. The molecule has 0 fully saturated rings. The summed E-state index contributed by atoms with van der Waals surface area (Å²) in [6.07, 6.45) is 18.4. The second-order valence-corrected chi connectivity index (χ2v) is 7.90. The summed E-state index contributed by atoms with van der Waals surface area (Å²) in [4.78, 5) is 12.0. The fraction of sp³-hybridized carbons (Fsp3) is 0.696. The monoisotopic (exact) mass is 395 g/mol. The minimum absolute atomic E-state index is 0.355. The Kier molecular flexibility index (Phi) is 13.9. The maximum absolute atomic E-state index is 12.0. The molecule has 1 aromatic rings. The highest BCUT2D eigenvalue weighted by Crippen LogP contribution is 2.19. The Hall–Kier alpha value is -1.22. The first-order valence-corrected chi connectivity index (χ1v) is 11.2. The van der Waals surface area contributed by atoms with Gasteiger partial charge in [-0.25, -0.2) is 4.79 Å². The van der Waals surface area contributed by atoms with Gasteiger partial charge in [-0.2, -0.15) is 0 Å². The van der Waals surface area contributed by atoms with Crippen LogP contribution in [-0.4, -0.2) is 12.6 Å². The summed E-state index contributed by atoms with van der Waals surface area (Å²) in [7, 11) is 0. The molecule has 0 atom stereocenters. The van der Waals surface area contributed by atoms with E-state index in [2.05, 4.69) is 6.92 Å². The molecule has 0 spiro atoms. The molecule has 0 radical (unpaired) electrons. The van der Waals surface area contributed by atoms with Crippen molar-refractivity contribution in [1.82, 2.24) is 0 Å². The second kappa shape index (κ2) is 15.8. The molecule has 0 aromatic heterocycles. The van der Waals surface area contributed by atoms with E-state index >= 15 is 0 Å². The minimum Gasteiger partial charge on any atom is -0.462 e. The van der Waals surface area contributed by atoms with Crippen molar-refractivity contribution in [3.63, 3.8) is 0 Å². The number of rotatable bonds is 16. The summed E-state index contributed by atoms with van der Waals surface area (Å²) in [5.74, 6) is -0.385. The summed E-state index contributed by atoms with van der Waals surface area (Å²) in [5.41, 5.74) is 6.55. The lowest BCUT2D eigenvalue weighted by atomic mass is 10.0. The van der Waals surface area contributed by atoms with Crippen LogP contribution in [0, 0.1) is 0 Å². The van der Waals surface area contributed by atoms with Crippen LogP contribution in [0.2, 0.25) is 5.02 Å². The van der Waals surface area contributed by atoms with Crippen molar-refractivity contribution in [2.75, 3.05) is 12.3 Å². The van der Waals surface area contributed by atoms with Gasteiger partial charge in [0, 0.05) is 10.7 Å². The Morgan fingerprint density at radius 2 is 1.33 bits per heavy atom. The van der Waals surface area contributed by atoms with E-state index in [9.17, 15) is 4.79 Å². The van der Waals surface area contributed by atoms with Gasteiger partial charge in [-0.05, 0) is 24.6 Å². The van der Waals surface area contributed by atoms with Gasteiger partial charge in [-0.15, -0.1) is 0 Å². The molecular formula is C23H38ClNO2. The number of ether oxygens (including phenoxy) is 1. The van der Waals surface area contributed by atoms with Crippen LogP contribution in [0.15, 0.2) is 18.2 Å². The molecule has 0 saturated carbocycles. The molecule has 0 heterocycles. The predicted molar refractivity (Wildman–Crippen MR) is 116 cm³/mol. The number of hydrogen-bond donors (Lipinski definition) is 1. The van der Waals surface area contributed by atoms with E-state index in [0.717, 1.165) is 12.8 Å². The molecule has 0 unspecified atom stereocenters. The fourth-order valence-corrected chi connectivity index (χ4v) is 3.42. The standard InChI is InChI=1S/C23H38ClNO2/c1-2-3-4-5-6-7-8-9-10-11-12-13-14-15-18-27-23(26)21-19-20(24)16-17-22(21)25/h16-17,19H,2-15,18,25H2,1H3. The number of carbonyl (C=O) groups is 1. The Labute approximate surface area is 171 Å². The summed E-state index contributed by atoms with van der Waals surface area (Å²) < 4.78 is 5.29. The molecule has 0 aliphatic carbocycles. The van der Waals surface area contributed by atoms with E-state index in [-0.39, 0.29) is 5.97 Å². The normalized spacial score (nSPS) is 10.9. The number of esters is 1. The van der Waals surface area contributed by atoms with Crippen LogP contribution >= 0.6 is 11.6 Å². The highest BCUT2D eigenvalue weighted by molar-refractivity contribution is 6.31. The Balaban J connectivity index is 1.89. The lowest BCUT2D eigenvalue weighted by Gasteiger charge is -2.07. The lowest BCUT2D eigenvalue weighted by molar-refractivity contribution is 0.0499. The second-order valence-electron chi connectivity index (χ2n) is 7.46. The van der Waals surface area contributed by atoms with E-state index in [0.29, 0.717) is 22.9 Å². The predicted octanol–water partition coefficient (Wildman–Crippen LogP) is 7.56. The van der Waals surface area contributed by atoms with Gasteiger partial charge in [0.25, 0.3) is 0 Å². The molecule has 3 nitrogen and oxygen atoms in total. The number of benzene rings is 1. The van der Waals surface area contributed by atoms with E-state index < -0.39 is 0 Å². The highest BCUT2D eigenvalue weighted by Gasteiger charge is 2.11. The summed E-state index contributed by atoms with van der Waals surface area (Å²) >= 11 is 5.90. The zero-order valence-electron chi connectivity index (χ0n) is 17.1. The van der Waals surface area contributed by atoms with Crippen LogP contribution < -0.4 is 5.73 Å². The van der Waals surface area contributed by atoms with Crippen molar-refractivity contribution >= 4 is 23.3 Å². The third kappa shape index (κ3) is 12.0. The van der Waals surface area contributed by atoms with Crippen LogP contribution in [-0.2, 0) is 4.74 Å². The van der Waals surface area contributed by atoms with Crippen LogP contribution in [0.5, 0.6) is 0 Å². The first-order chi connectivity index (χ1) is 13.1. The molecule has 0 amide bonds. The molecule has 0 saturated heterocycles. The molecule has 4 heteroatoms. The Morgan fingerprint density at radius 1 is 0.852 bits per heavy atom. The number of hydrogen-bond acceptors (Lipinski definition) is 3. The Bertz CT molecular complexity index is 519. The van der Waals surface area contributed by atoms with Crippen molar-refractivity contribution in [3.8, 4) is 0 Å². The van der Waals surface area contributed by atoms with Gasteiger partial charge in [0.05, 0.1) is 12.2 Å². The summed E-state index contributed by atoms with van der Waals surface area (Å²) in [6.45, 7) is 2.72. The number of halogens is 1. The van der Waals surface area contributed by atoms with Crippen molar-refractivity contribution in [3.05, 3.63) is 28.8 Å². The third-order valence-electron chi connectivity index (χ3n) is 4.97. The van der Waals surface area contributed by atoms with Gasteiger partial charge in [-0.3, -0.25) is 0 Å². The zero-order chi connectivity index (χ0) is 19.7. The van der Waals surface area contributed by atoms with E-state index in [1.54, 1.807) is 18.2 Å². The average molecular weight is 396 g/mol. The van der Waals surface area contributed by atoms with Crippen molar-refractivity contribution in [1.29, 1.82) is 0 Å². The fourth-order valence-electron chi connectivity index (χ4n) is 3.24. The highest BCUT2D eigenvalue weighted by atomic mass is 35.5. The van der Waals surface area contributed by atoms with Crippen LogP contribution in [0.25, 0.3) is 0 Å². The molecule has 1 aromatic carbocycles. The number of nitrogens with two attached hydrogens (primary N) is 1. The molecule has 1 rings (SSSR count). The number of unbranched alkanes of at least 4 members (excludes halogenated alkanes) is 13. The molecular weight excluding hydrogens is 358 g/mol. The van der Waals surface area contributed by atoms with Gasteiger partial charge >= 0.3 is 5.97 Å². The molecule has 27 heavy (non-hydrogen) atoms. The zero-order valence-corrected chi connectivity index (χ0v) is 17.9. The van der Waals surface area contributed by atoms with Crippen LogP contribution in [0.4, 0.5) is 5.69 Å².